The number of carbonyl (C=O) groups is 2. The highest BCUT2D eigenvalue weighted by atomic mass is 35.5. The number of aldehydes is 1. The van der Waals surface area contributed by atoms with Crippen LogP contribution in [0.1, 0.15) is 40.2 Å². The summed E-state index contributed by atoms with van der Waals surface area (Å²) in [6.07, 6.45) is -2.24. The molecule has 0 N–H and O–H groups in total. The summed E-state index contributed by atoms with van der Waals surface area (Å²) in [5, 5.41) is -0.980. The van der Waals surface area contributed by atoms with E-state index in [-0.39, 0.29) is 22.5 Å². The molecule has 0 saturated heterocycles. The summed E-state index contributed by atoms with van der Waals surface area (Å²) in [5.74, 6) is -0.338. The second-order valence-electron chi connectivity index (χ2n) is 3.28. The first-order chi connectivity index (χ1) is 7.47. The van der Waals surface area contributed by atoms with E-state index in [0.717, 1.165) is 12.1 Å². The van der Waals surface area contributed by atoms with Gasteiger partial charge in [0.2, 0.25) is 0 Å². The van der Waals surface area contributed by atoms with Crippen molar-refractivity contribution in [2.24, 2.45) is 0 Å². The van der Waals surface area contributed by atoms with Crippen molar-refractivity contribution < 1.29 is 18.4 Å². The van der Waals surface area contributed by atoms with Gasteiger partial charge in [-0.1, -0.05) is 12.1 Å². The van der Waals surface area contributed by atoms with Gasteiger partial charge in [-0.15, -0.1) is 11.6 Å². The molecule has 0 fully saturated rings. The minimum absolute atomic E-state index is 0.0213. The number of hydrogen-bond donors (Lipinski definition) is 0. The number of halogens is 3. The Kier molecular flexibility index (Phi) is 4.12. The average Bonchev–Trinajstić information content (AvgIpc) is 2.26. The second-order valence-corrected chi connectivity index (χ2v) is 3.72. The van der Waals surface area contributed by atoms with Gasteiger partial charge in [0.15, 0.2) is 5.78 Å². The van der Waals surface area contributed by atoms with Gasteiger partial charge in [0.25, 0.3) is 6.43 Å². The lowest BCUT2D eigenvalue weighted by Gasteiger charge is -2.10. The molecule has 1 aromatic rings. The van der Waals surface area contributed by atoms with Gasteiger partial charge in [-0.05, 0) is 18.6 Å². The molecule has 0 aliphatic carbocycles. The smallest absolute Gasteiger partial charge is 0.263 e. The first kappa shape index (κ1) is 12.8. The highest BCUT2D eigenvalue weighted by molar-refractivity contribution is 6.31. The summed E-state index contributed by atoms with van der Waals surface area (Å²) in [5.41, 5.74) is 0.0137. The van der Waals surface area contributed by atoms with Crippen molar-refractivity contribution in [2.45, 2.75) is 18.7 Å². The first-order valence-corrected chi connectivity index (χ1v) is 4.92. The lowest BCUT2D eigenvalue weighted by molar-refractivity contribution is -0.116. The van der Waals surface area contributed by atoms with Gasteiger partial charge < -0.3 is 0 Å². The molecule has 1 atom stereocenters. The molecular weight excluding hydrogens is 238 g/mol. The van der Waals surface area contributed by atoms with Crippen molar-refractivity contribution in [1.29, 1.82) is 0 Å². The predicted molar refractivity (Wildman–Crippen MR) is 56.1 cm³/mol. The zero-order valence-electron chi connectivity index (χ0n) is 8.41. The van der Waals surface area contributed by atoms with E-state index in [1.54, 1.807) is 0 Å². The number of hydrogen-bond acceptors (Lipinski definition) is 2. The third kappa shape index (κ3) is 2.64. The Morgan fingerprint density at radius 1 is 1.44 bits per heavy atom. The first-order valence-electron chi connectivity index (χ1n) is 4.49. The fourth-order valence-electron chi connectivity index (χ4n) is 1.28. The Morgan fingerprint density at radius 2 is 2.06 bits per heavy atom. The Balaban J connectivity index is 3.21. The number of Topliss-reactive ketones (excluding diaryl/α,β-unsaturated/α-hetero) is 1. The zero-order valence-corrected chi connectivity index (χ0v) is 9.17. The maximum absolute atomic E-state index is 12.4. The summed E-state index contributed by atoms with van der Waals surface area (Å²) in [6.45, 7) is 1.27. The highest BCUT2D eigenvalue weighted by Gasteiger charge is 2.18. The molecule has 1 unspecified atom stereocenters. The van der Waals surface area contributed by atoms with Crippen LogP contribution in [0, 0.1) is 0 Å². The van der Waals surface area contributed by atoms with Crippen LogP contribution in [0.5, 0.6) is 0 Å². The fraction of sp³-hybridized carbons (Fsp3) is 0.273. The van der Waals surface area contributed by atoms with E-state index in [2.05, 4.69) is 0 Å². The Labute approximate surface area is 96.2 Å². The molecule has 16 heavy (non-hydrogen) atoms. The van der Waals surface area contributed by atoms with Gasteiger partial charge in [-0.2, -0.15) is 0 Å². The van der Waals surface area contributed by atoms with Crippen molar-refractivity contribution in [2.75, 3.05) is 0 Å². The maximum Gasteiger partial charge on any atom is 0.263 e. The molecule has 0 amide bonds. The molecule has 86 valence electrons. The predicted octanol–water partition coefficient (Wildman–Crippen LogP) is 3.31. The van der Waals surface area contributed by atoms with E-state index in [1.807, 2.05) is 0 Å². The van der Waals surface area contributed by atoms with E-state index in [4.69, 9.17) is 11.6 Å². The minimum atomic E-state index is -2.65. The Hall–Kier alpha value is -1.29. The standard InChI is InChI=1S/C11H9ClF2O2/c1-6(16)10(12)9-3-2-7(11(13)14)4-8(9)5-15/h2-5,10-11H,1H3. The van der Waals surface area contributed by atoms with Crippen molar-refractivity contribution in [1.82, 2.24) is 0 Å². The molecule has 2 nitrogen and oxygen atoms in total. The van der Waals surface area contributed by atoms with E-state index >= 15 is 0 Å². The molecule has 0 aliphatic rings. The maximum atomic E-state index is 12.4. The number of rotatable bonds is 4. The number of ketones is 1. The number of carbonyl (C=O) groups excluding carboxylic acids is 2. The topological polar surface area (TPSA) is 34.1 Å². The van der Waals surface area contributed by atoms with E-state index < -0.39 is 11.8 Å². The van der Waals surface area contributed by atoms with Gasteiger partial charge in [-0.25, -0.2) is 8.78 Å². The summed E-state index contributed by atoms with van der Waals surface area (Å²) >= 11 is 5.76. The van der Waals surface area contributed by atoms with Gasteiger partial charge in [0.1, 0.15) is 11.7 Å². The molecule has 5 heteroatoms. The molecule has 1 rings (SSSR count). The van der Waals surface area contributed by atoms with Crippen LogP contribution in [0.3, 0.4) is 0 Å². The van der Waals surface area contributed by atoms with Crippen molar-refractivity contribution in [3.05, 3.63) is 34.9 Å². The van der Waals surface area contributed by atoms with E-state index in [0.29, 0.717) is 6.29 Å². The lowest BCUT2D eigenvalue weighted by atomic mass is 10.0. The third-order valence-corrected chi connectivity index (χ3v) is 2.66. The molecule has 0 saturated carbocycles. The van der Waals surface area contributed by atoms with Crippen LogP contribution in [0.15, 0.2) is 18.2 Å². The van der Waals surface area contributed by atoms with Crippen LogP contribution in [0.2, 0.25) is 0 Å². The van der Waals surface area contributed by atoms with Gasteiger partial charge >= 0.3 is 0 Å². The van der Waals surface area contributed by atoms with Crippen LogP contribution < -0.4 is 0 Å². The molecular formula is C11H9ClF2O2. The minimum Gasteiger partial charge on any atom is -0.298 e. The van der Waals surface area contributed by atoms with E-state index in [1.165, 1.54) is 13.0 Å². The largest absolute Gasteiger partial charge is 0.298 e. The SMILES string of the molecule is CC(=O)C(Cl)c1ccc(C(F)F)cc1C=O. The van der Waals surface area contributed by atoms with Gasteiger partial charge in [0, 0.05) is 11.1 Å². The summed E-state index contributed by atoms with van der Waals surface area (Å²) in [4.78, 5) is 21.7. The average molecular weight is 247 g/mol. The normalized spacial score (nSPS) is 12.6. The molecule has 0 radical (unpaired) electrons. The van der Waals surface area contributed by atoms with Crippen LogP contribution in [-0.4, -0.2) is 12.1 Å². The number of alkyl halides is 3. The van der Waals surface area contributed by atoms with E-state index in [9.17, 15) is 18.4 Å². The molecule has 0 bridgehead atoms. The molecule has 0 aliphatic heterocycles. The fourth-order valence-corrected chi connectivity index (χ4v) is 1.48. The lowest BCUT2D eigenvalue weighted by Crippen LogP contribution is -2.05. The zero-order chi connectivity index (χ0) is 12.3. The quantitative estimate of drug-likeness (QED) is 0.603. The van der Waals surface area contributed by atoms with Crippen LogP contribution in [0.4, 0.5) is 8.78 Å². The Morgan fingerprint density at radius 3 is 2.50 bits per heavy atom. The molecule has 1 aromatic carbocycles. The van der Waals surface area contributed by atoms with Gasteiger partial charge in [0.05, 0.1) is 0 Å². The van der Waals surface area contributed by atoms with Crippen molar-refractivity contribution in [3.63, 3.8) is 0 Å². The Bertz CT molecular complexity index is 418. The summed E-state index contributed by atoms with van der Waals surface area (Å²) in [6, 6.07) is 3.49. The van der Waals surface area contributed by atoms with Gasteiger partial charge in [-0.3, -0.25) is 9.59 Å². The van der Waals surface area contributed by atoms with Crippen LogP contribution >= 0.6 is 11.6 Å². The molecule has 0 heterocycles. The van der Waals surface area contributed by atoms with Crippen LogP contribution in [0.25, 0.3) is 0 Å². The third-order valence-electron chi connectivity index (χ3n) is 2.12. The highest BCUT2D eigenvalue weighted by Crippen LogP contribution is 2.28. The summed E-state index contributed by atoms with van der Waals surface area (Å²) < 4.78 is 24.7. The van der Waals surface area contributed by atoms with Crippen molar-refractivity contribution in [3.8, 4) is 0 Å². The van der Waals surface area contributed by atoms with Crippen molar-refractivity contribution >= 4 is 23.7 Å². The monoisotopic (exact) mass is 246 g/mol. The molecule has 0 spiro atoms. The van der Waals surface area contributed by atoms with Crippen LogP contribution in [-0.2, 0) is 4.79 Å². The molecule has 0 aromatic heterocycles. The second kappa shape index (κ2) is 5.16. The number of benzene rings is 1. The summed E-state index contributed by atoms with van der Waals surface area (Å²) in [7, 11) is 0.